The third-order valence-electron chi connectivity index (χ3n) is 1.95. The van der Waals surface area contributed by atoms with Crippen molar-refractivity contribution in [2.24, 2.45) is 0 Å². The van der Waals surface area contributed by atoms with E-state index in [0.717, 1.165) is 36.7 Å². The molecule has 0 saturated heterocycles. The molecular weight excluding hydrogens is 208 g/mol. The lowest BCUT2D eigenvalue weighted by atomic mass is 10.1. The van der Waals surface area contributed by atoms with Gasteiger partial charge < -0.3 is 0 Å². The molecule has 1 unspecified atom stereocenters. The first-order valence-corrected chi connectivity index (χ1v) is 5.22. The van der Waals surface area contributed by atoms with Crippen LogP contribution in [-0.2, 0) is 12.6 Å². The first-order chi connectivity index (χ1) is 6.54. The number of alkyl halides is 3. The van der Waals surface area contributed by atoms with Crippen LogP contribution in [0.5, 0.6) is 0 Å². The molecule has 4 heteroatoms. The molecule has 78 valence electrons. The Morgan fingerprint density at radius 3 is 2.07 bits per heavy atom. The van der Waals surface area contributed by atoms with E-state index in [4.69, 9.17) is 0 Å². The molecule has 0 aliphatic carbocycles. The van der Waals surface area contributed by atoms with Crippen LogP contribution in [0, 0.1) is 0 Å². The molecule has 0 bridgehead atoms. The maximum atomic E-state index is 12.2. The van der Waals surface area contributed by atoms with Crippen LogP contribution in [0.15, 0.2) is 24.3 Å². The molecule has 1 aromatic rings. The Bertz CT molecular complexity index is 276. The van der Waals surface area contributed by atoms with Crippen molar-refractivity contribution >= 4 is 9.24 Å². The van der Waals surface area contributed by atoms with Gasteiger partial charge in [-0.15, -0.1) is 9.24 Å². The molecular formula is C10H12F3P. The largest absolute Gasteiger partial charge is 0.416 e. The van der Waals surface area contributed by atoms with E-state index < -0.39 is 11.7 Å². The monoisotopic (exact) mass is 220 g/mol. The van der Waals surface area contributed by atoms with Crippen LogP contribution in [0.25, 0.3) is 0 Å². The van der Waals surface area contributed by atoms with Crippen molar-refractivity contribution < 1.29 is 13.2 Å². The lowest BCUT2D eigenvalue weighted by Crippen LogP contribution is -2.04. The summed E-state index contributed by atoms with van der Waals surface area (Å²) in [5.74, 6) is 0. The van der Waals surface area contributed by atoms with Gasteiger partial charge in [0.2, 0.25) is 0 Å². The van der Waals surface area contributed by atoms with Gasteiger partial charge in [-0.25, -0.2) is 0 Å². The van der Waals surface area contributed by atoms with Gasteiger partial charge in [-0.3, -0.25) is 0 Å². The summed E-state index contributed by atoms with van der Waals surface area (Å²) in [6.45, 7) is 0. The van der Waals surface area contributed by atoms with Crippen molar-refractivity contribution in [3.8, 4) is 0 Å². The zero-order valence-corrected chi connectivity index (χ0v) is 8.80. The van der Waals surface area contributed by atoms with Gasteiger partial charge in [0.25, 0.3) is 0 Å². The SMILES string of the molecule is FC(F)(F)c1ccc(CCCP)cc1. The number of hydrogen-bond acceptors (Lipinski definition) is 0. The second-order valence-electron chi connectivity index (χ2n) is 3.09. The van der Waals surface area contributed by atoms with E-state index in [0.29, 0.717) is 0 Å². The lowest BCUT2D eigenvalue weighted by molar-refractivity contribution is -0.137. The molecule has 14 heavy (non-hydrogen) atoms. The minimum Gasteiger partial charge on any atom is -0.166 e. The summed E-state index contributed by atoms with van der Waals surface area (Å²) < 4.78 is 36.5. The Labute approximate surface area is 83.7 Å². The fraction of sp³-hybridized carbons (Fsp3) is 0.400. The van der Waals surface area contributed by atoms with Gasteiger partial charge in [0.1, 0.15) is 0 Å². The zero-order chi connectivity index (χ0) is 10.6. The first-order valence-electron chi connectivity index (χ1n) is 4.40. The van der Waals surface area contributed by atoms with E-state index in [1.807, 2.05) is 0 Å². The zero-order valence-electron chi connectivity index (χ0n) is 7.64. The topological polar surface area (TPSA) is 0 Å². The highest BCUT2D eigenvalue weighted by atomic mass is 31.0. The molecule has 0 nitrogen and oxygen atoms in total. The van der Waals surface area contributed by atoms with Gasteiger partial charge in [-0.2, -0.15) is 13.2 Å². The maximum Gasteiger partial charge on any atom is 0.416 e. The predicted molar refractivity (Wildman–Crippen MR) is 54.3 cm³/mol. The molecule has 0 fully saturated rings. The lowest BCUT2D eigenvalue weighted by Gasteiger charge is -2.07. The van der Waals surface area contributed by atoms with Crippen LogP contribution < -0.4 is 0 Å². The third kappa shape index (κ3) is 3.30. The number of hydrogen-bond donors (Lipinski definition) is 0. The molecule has 0 aliphatic rings. The average molecular weight is 220 g/mol. The normalized spacial score (nSPS) is 11.7. The Morgan fingerprint density at radius 1 is 1.07 bits per heavy atom. The van der Waals surface area contributed by atoms with Gasteiger partial charge in [-0.1, -0.05) is 12.1 Å². The van der Waals surface area contributed by atoms with Crippen molar-refractivity contribution in [2.75, 3.05) is 6.16 Å². The summed E-state index contributed by atoms with van der Waals surface area (Å²) in [5.41, 5.74) is 0.382. The molecule has 1 aromatic carbocycles. The van der Waals surface area contributed by atoms with Crippen LogP contribution >= 0.6 is 9.24 Å². The standard InChI is InChI=1S/C10H12F3P/c11-10(12,13)9-5-3-8(4-6-9)2-1-7-14/h3-6H,1-2,7,14H2. The Kier molecular flexibility index (Phi) is 3.94. The fourth-order valence-corrected chi connectivity index (χ4v) is 1.37. The highest BCUT2D eigenvalue weighted by molar-refractivity contribution is 7.16. The van der Waals surface area contributed by atoms with Gasteiger partial charge >= 0.3 is 6.18 Å². The van der Waals surface area contributed by atoms with E-state index in [1.165, 1.54) is 0 Å². The smallest absolute Gasteiger partial charge is 0.166 e. The number of benzene rings is 1. The Balaban J connectivity index is 2.69. The molecule has 1 atom stereocenters. The van der Waals surface area contributed by atoms with Gasteiger partial charge in [0.05, 0.1) is 5.56 Å². The summed E-state index contributed by atoms with van der Waals surface area (Å²) in [4.78, 5) is 0. The molecule has 1 rings (SSSR count). The van der Waals surface area contributed by atoms with E-state index in [2.05, 4.69) is 9.24 Å². The second-order valence-corrected chi connectivity index (χ2v) is 3.66. The Hall–Kier alpha value is -0.560. The highest BCUT2D eigenvalue weighted by Gasteiger charge is 2.29. The fourth-order valence-electron chi connectivity index (χ4n) is 1.17. The number of halogens is 3. The van der Waals surface area contributed by atoms with Crippen LogP contribution in [0.1, 0.15) is 17.5 Å². The number of rotatable bonds is 3. The van der Waals surface area contributed by atoms with Crippen molar-refractivity contribution in [3.63, 3.8) is 0 Å². The van der Waals surface area contributed by atoms with Gasteiger partial charge in [0, 0.05) is 0 Å². The van der Waals surface area contributed by atoms with Crippen LogP contribution in [0.2, 0.25) is 0 Å². The summed E-state index contributed by atoms with van der Waals surface area (Å²) in [6.07, 6.45) is -1.43. The first kappa shape index (κ1) is 11.5. The third-order valence-corrected chi connectivity index (χ3v) is 2.36. The molecule has 0 radical (unpaired) electrons. The predicted octanol–water partition coefficient (Wildman–Crippen LogP) is 3.51. The Morgan fingerprint density at radius 2 is 1.64 bits per heavy atom. The molecule has 0 saturated carbocycles. The summed E-state index contributed by atoms with van der Waals surface area (Å²) >= 11 is 0. The molecule has 0 heterocycles. The van der Waals surface area contributed by atoms with Crippen molar-refractivity contribution in [3.05, 3.63) is 35.4 Å². The van der Waals surface area contributed by atoms with E-state index in [9.17, 15) is 13.2 Å². The van der Waals surface area contributed by atoms with Crippen LogP contribution in [0.4, 0.5) is 13.2 Å². The van der Waals surface area contributed by atoms with E-state index in [1.54, 1.807) is 12.1 Å². The maximum absolute atomic E-state index is 12.2. The quantitative estimate of drug-likeness (QED) is 0.684. The van der Waals surface area contributed by atoms with Gasteiger partial charge in [0.15, 0.2) is 0 Å². The second kappa shape index (κ2) is 4.79. The highest BCUT2D eigenvalue weighted by Crippen LogP contribution is 2.29. The summed E-state index contributed by atoms with van der Waals surface area (Å²) in [5, 5.41) is 0. The number of aryl methyl sites for hydroxylation is 1. The molecule has 0 spiro atoms. The summed E-state index contributed by atoms with van der Waals surface area (Å²) in [7, 11) is 2.60. The van der Waals surface area contributed by atoms with Crippen molar-refractivity contribution in [1.82, 2.24) is 0 Å². The van der Waals surface area contributed by atoms with Crippen molar-refractivity contribution in [2.45, 2.75) is 19.0 Å². The van der Waals surface area contributed by atoms with E-state index >= 15 is 0 Å². The van der Waals surface area contributed by atoms with Crippen LogP contribution in [0.3, 0.4) is 0 Å². The molecule has 0 aromatic heterocycles. The molecule has 0 N–H and O–H groups in total. The molecule has 0 aliphatic heterocycles. The van der Waals surface area contributed by atoms with Crippen LogP contribution in [-0.4, -0.2) is 6.16 Å². The average Bonchev–Trinajstić information content (AvgIpc) is 2.14. The summed E-state index contributed by atoms with van der Waals surface area (Å²) in [6, 6.07) is 5.36. The minimum absolute atomic E-state index is 0.577. The molecule has 0 amide bonds. The van der Waals surface area contributed by atoms with Gasteiger partial charge in [-0.05, 0) is 36.7 Å². The van der Waals surface area contributed by atoms with E-state index in [-0.39, 0.29) is 0 Å². The van der Waals surface area contributed by atoms with Crippen molar-refractivity contribution in [1.29, 1.82) is 0 Å². The minimum atomic E-state index is -4.22.